The highest BCUT2D eigenvalue weighted by molar-refractivity contribution is 5.67. The maximum Gasteiger partial charge on any atom is 0.304 e. The lowest BCUT2D eigenvalue weighted by Crippen LogP contribution is -2.44. The lowest BCUT2D eigenvalue weighted by molar-refractivity contribution is -0.138. The minimum atomic E-state index is -0.699. The molecule has 0 aliphatic carbocycles. The van der Waals surface area contributed by atoms with E-state index in [1.165, 1.54) is 0 Å². The van der Waals surface area contributed by atoms with E-state index in [4.69, 9.17) is 5.11 Å². The SMILES string of the molecule is CC(C)N1CCC(C)N(C)C(CC(=O)O)C1. The first kappa shape index (κ1) is 13.5. The Morgan fingerprint density at radius 3 is 2.62 bits per heavy atom. The topological polar surface area (TPSA) is 43.8 Å². The van der Waals surface area contributed by atoms with Crippen LogP contribution in [0, 0.1) is 0 Å². The molecule has 94 valence electrons. The Labute approximate surface area is 98.2 Å². The van der Waals surface area contributed by atoms with E-state index in [9.17, 15) is 4.79 Å². The van der Waals surface area contributed by atoms with Crippen LogP contribution >= 0.6 is 0 Å². The highest BCUT2D eigenvalue weighted by Gasteiger charge is 2.29. The molecule has 1 aliphatic rings. The van der Waals surface area contributed by atoms with Gasteiger partial charge in [0.15, 0.2) is 0 Å². The molecule has 0 aromatic carbocycles. The molecule has 0 radical (unpaired) electrons. The Morgan fingerprint density at radius 2 is 2.12 bits per heavy atom. The molecule has 0 spiro atoms. The van der Waals surface area contributed by atoms with Crippen molar-refractivity contribution in [1.29, 1.82) is 0 Å². The van der Waals surface area contributed by atoms with Crippen molar-refractivity contribution in [2.75, 3.05) is 20.1 Å². The fourth-order valence-corrected chi connectivity index (χ4v) is 2.29. The van der Waals surface area contributed by atoms with Crippen LogP contribution in [0.2, 0.25) is 0 Å². The van der Waals surface area contributed by atoms with E-state index in [-0.39, 0.29) is 12.5 Å². The molecule has 4 nitrogen and oxygen atoms in total. The van der Waals surface area contributed by atoms with Gasteiger partial charge in [-0.2, -0.15) is 0 Å². The maximum atomic E-state index is 10.9. The molecule has 2 unspecified atom stereocenters. The Kier molecular flexibility index (Phi) is 4.74. The van der Waals surface area contributed by atoms with E-state index in [0.29, 0.717) is 12.1 Å². The van der Waals surface area contributed by atoms with Gasteiger partial charge >= 0.3 is 5.97 Å². The summed E-state index contributed by atoms with van der Waals surface area (Å²) in [6.45, 7) is 8.46. The van der Waals surface area contributed by atoms with Gasteiger partial charge < -0.3 is 5.11 Å². The number of aliphatic carboxylic acids is 1. The molecule has 1 heterocycles. The van der Waals surface area contributed by atoms with Crippen LogP contribution in [0.5, 0.6) is 0 Å². The Hall–Kier alpha value is -0.610. The summed E-state index contributed by atoms with van der Waals surface area (Å²) in [5.74, 6) is -0.699. The van der Waals surface area contributed by atoms with Gasteiger partial charge in [0, 0.05) is 24.7 Å². The van der Waals surface area contributed by atoms with Crippen molar-refractivity contribution in [3.8, 4) is 0 Å². The molecule has 0 aromatic rings. The molecule has 1 saturated heterocycles. The summed E-state index contributed by atoms with van der Waals surface area (Å²) in [5, 5.41) is 8.94. The first-order chi connectivity index (χ1) is 7.41. The van der Waals surface area contributed by atoms with Gasteiger partial charge in [-0.15, -0.1) is 0 Å². The molecule has 1 fully saturated rings. The second-order valence-electron chi connectivity index (χ2n) is 5.14. The number of carboxylic acids is 1. The smallest absolute Gasteiger partial charge is 0.304 e. The third-order valence-electron chi connectivity index (χ3n) is 3.69. The quantitative estimate of drug-likeness (QED) is 0.790. The molecule has 0 bridgehead atoms. The van der Waals surface area contributed by atoms with Gasteiger partial charge in [0.1, 0.15) is 0 Å². The van der Waals surface area contributed by atoms with Crippen molar-refractivity contribution in [1.82, 2.24) is 9.80 Å². The normalized spacial score (nSPS) is 29.3. The van der Waals surface area contributed by atoms with E-state index in [2.05, 4.69) is 30.6 Å². The highest BCUT2D eigenvalue weighted by atomic mass is 16.4. The zero-order valence-corrected chi connectivity index (χ0v) is 10.8. The molecule has 0 aromatic heterocycles. The van der Waals surface area contributed by atoms with E-state index in [0.717, 1.165) is 19.5 Å². The standard InChI is InChI=1S/C12H24N2O2/c1-9(2)14-6-5-10(3)13(4)11(8-14)7-12(15)16/h9-11H,5-8H2,1-4H3,(H,15,16). The van der Waals surface area contributed by atoms with Crippen LogP contribution in [0.1, 0.15) is 33.6 Å². The van der Waals surface area contributed by atoms with Crippen molar-refractivity contribution < 1.29 is 9.90 Å². The van der Waals surface area contributed by atoms with Gasteiger partial charge in [-0.1, -0.05) is 0 Å². The van der Waals surface area contributed by atoms with Crippen LogP contribution in [-0.4, -0.2) is 59.1 Å². The lowest BCUT2D eigenvalue weighted by Gasteiger charge is -2.31. The number of hydrogen-bond donors (Lipinski definition) is 1. The summed E-state index contributed by atoms with van der Waals surface area (Å²) in [6.07, 6.45) is 1.36. The minimum absolute atomic E-state index is 0.136. The van der Waals surface area contributed by atoms with E-state index < -0.39 is 5.97 Å². The molecular weight excluding hydrogens is 204 g/mol. The van der Waals surface area contributed by atoms with Gasteiger partial charge in [-0.05, 0) is 40.8 Å². The predicted molar refractivity (Wildman–Crippen MR) is 64.6 cm³/mol. The van der Waals surface area contributed by atoms with Crippen LogP contribution in [0.25, 0.3) is 0 Å². The van der Waals surface area contributed by atoms with Crippen molar-refractivity contribution in [2.24, 2.45) is 0 Å². The largest absolute Gasteiger partial charge is 0.481 e. The number of likely N-dealkylation sites (N-methyl/N-ethyl adjacent to an activating group) is 1. The van der Waals surface area contributed by atoms with E-state index in [1.807, 2.05) is 7.05 Å². The number of nitrogens with zero attached hydrogens (tertiary/aromatic N) is 2. The van der Waals surface area contributed by atoms with Crippen LogP contribution in [0.3, 0.4) is 0 Å². The van der Waals surface area contributed by atoms with Gasteiger partial charge in [-0.25, -0.2) is 0 Å². The van der Waals surface area contributed by atoms with Crippen molar-refractivity contribution in [3.63, 3.8) is 0 Å². The average molecular weight is 228 g/mol. The van der Waals surface area contributed by atoms with Gasteiger partial charge in [0.25, 0.3) is 0 Å². The van der Waals surface area contributed by atoms with Gasteiger partial charge in [0.2, 0.25) is 0 Å². The number of carboxylic acid groups (broad SMARTS) is 1. The van der Waals surface area contributed by atoms with Crippen molar-refractivity contribution >= 4 is 5.97 Å². The fraction of sp³-hybridized carbons (Fsp3) is 0.917. The van der Waals surface area contributed by atoms with Crippen LogP contribution < -0.4 is 0 Å². The molecule has 4 heteroatoms. The summed E-state index contributed by atoms with van der Waals surface area (Å²) in [4.78, 5) is 15.5. The van der Waals surface area contributed by atoms with Gasteiger partial charge in [-0.3, -0.25) is 14.6 Å². The monoisotopic (exact) mass is 228 g/mol. The number of rotatable bonds is 3. The zero-order chi connectivity index (χ0) is 12.3. The molecule has 16 heavy (non-hydrogen) atoms. The average Bonchev–Trinajstić information content (AvgIpc) is 2.30. The molecule has 1 N–H and O–H groups in total. The van der Waals surface area contributed by atoms with Crippen molar-refractivity contribution in [3.05, 3.63) is 0 Å². The van der Waals surface area contributed by atoms with Crippen LogP contribution in [0.4, 0.5) is 0 Å². The first-order valence-corrected chi connectivity index (χ1v) is 6.09. The summed E-state index contributed by atoms with van der Waals surface area (Å²) in [5.41, 5.74) is 0. The summed E-state index contributed by atoms with van der Waals surface area (Å²) in [7, 11) is 2.04. The van der Waals surface area contributed by atoms with Crippen molar-refractivity contribution in [2.45, 2.75) is 51.7 Å². The zero-order valence-electron chi connectivity index (χ0n) is 10.8. The first-order valence-electron chi connectivity index (χ1n) is 6.09. The molecule has 1 rings (SSSR count). The maximum absolute atomic E-state index is 10.9. The van der Waals surface area contributed by atoms with Crippen LogP contribution in [0.15, 0.2) is 0 Å². The Bertz CT molecular complexity index is 243. The summed E-state index contributed by atoms with van der Waals surface area (Å²) in [6, 6.07) is 1.10. The third-order valence-corrected chi connectivity index (χ3v) is 3.69. The second-order valence-corrected chi connectivity index (χ2v) is 5.14. The molecule has 0 saturated carbocycles. The van der Waals surface area contributed by atoms with Crippen LogP contribution in [-0.2, 0) is 4.79 Å². The number of carbonyl (C=O) groups is 1. The third kappa shape index (κ3) is 3.46. The fourth-order valence-electron chi connectivity index (χ4n) is 2.29. The molecule has 2 atom stereocenters. The molecule has 1 aliphatic heterocycles. The minimum Gasteiger partial charge on any atom is -0.481 e. The summed E-state index contributed by atoms with van der Waals surface area (Å²) >= 11 is 0. The Balaban J connectivity index is 2.71. The highest BCUT2D eigenvalue weighted by Crippen LogP contribution is 2.18. The molecule has 0 amide bonds. The van der Waals surface area contributed by atoms with Gasteiger partial charge in [0.05, 0.1) is 6.42 Å². The molecular formula is C12H24N2O2. The van der Waals surface area contributed by atoms with E-state index >= 15 is 0 Å². The second kappa shape index (κ2) is 5.64. The Morgan fingerprint density at radius 1 is 1.50 bits per heavy atom. The lowest BCUT2D eigenvalue weighted by atomic mass is 10.1. The predicted octanol–water partition coefficient (Wildman–Crippen LogP) is 1.26. The van der Waals surface area contributed by atoms with E-state index in [1.54, 1.807) is 0 Å². The number of hydrogen-bond acceptors (Lipinski definition) is 3. The summed E-state index contributed by atoms with van der Waals surface area (Å²) < 4.78 is 0.